The Hall–Kier alpha value is -3.10. The Morgan fingerprint density at radius 2 is 1.33 bits per heavy atom. The van der Waals surface area contributed by atoms with Crippen LogP contribution < -0.4 is 20.5 Å². The summed E-state index contributed by atoms with van der Waals surface area (Å²) in [4.78, 5) is 31.1. The van der Waals surface area contributed by atoms with Crippen molar-refractivity contribution in [3.05, 3.63) is 121 Å². The summed E-state index contributed by atoms with van der Waals surface area (Å²) in [6, 6.07) is 35.7. The number of rotatable bonds is 14. The number of nitrogens with zero attached hydrogens (tertiary/aromatic N) is 1. The van der Waals surface area contributed by atoms with E-state index in [4.69, 9.17) is 14.5 Å². The van der Waals surface area contributed by atoms with E-state index < -0.39 is 46.2 Å². The van der Waals surface area contributed by atoms with Crippen LogP contribution in [0, 0.1) is 0 Å². The molecule has 1 aromatic heterocycles. The minimum absolute atomic E-state index is 0.0449. The molecular weight excluding hydrogens is 612 g/mol. The predicted molar refractivity (Wildman–Crippen MR) is 175 cm³/mol. The Morgan fingerprint density at radius 3 is 1.87 bits per heavy atom. The van der Waals surface area contributed by atoms with Gasteiger partial charge in [0.2, 0.25) is 0 Å². The van der Waals surface area contributed by atoms with Crippen molar-refractivity contribution in [2.24, 2.45) is 0 Å². The van der Waals surface area contributed by atoms with Crippen molar-refractivity contribution in [1.29, 1.82) is 0 Å². The molecule has 2 heterocycles. The number of unbranched alkanes of at least 4 members (excludes halogenated alkanes) is 2. The molecular formula is C34H40NO8P2+. The SMILES string of the molecule is O=C(CCCCC[PH](c1ccccc1)(c1ccccc1)c1ccccc1)c1ccc[n+]([C@@H]2O[C@H](COP(=O)(O)O)[C@@H](O)[C@H]2O)c1. The molecule has 9 nitrogen and oxygen atoms in total. The molecule has 1 saturated heterocycles. The topological polar surface area (TPSA) is 137 Å². The quantitative estimate of drug-likeness (QED) is 0.0706. The van der Waals surface area contributed by atoms with Gasteiger partial charge in [0.25, 0.3) is 0 Å². The fraction of sp³-hybridized carbons (Fsp3) is 0.294. The van der Waals surface area contributed by atoms with Gasteiger partial charge >= 0.3 is 233 Å². The second kappa shape index (κ2) is 15.0. The van der Waals surface area contributed by atoms with Gasteiger partial charge in [-0.2, -0.15) is 0 Å². The number of phosphoric acid groups is 1. The molecule has 4 atom stereocenters. The number of ether oxygens (including phenoxy) is 1. The van der Waals surface area contributed by atoms with Crippen molar-refractivity contribution in [2.45, 2.75) is 50.2 Å². The van der Waals surface area contributed by atoms with Crippen molar-refractivity contribution in [1.82, 2.24) is 0 Å². The van der Waals surface area contributed by atoms with E-state index in [2.05, 4.69) is 95.5 Å². The van der Waals surface area contributed by atoms with Gasteiger partial charge in [0.15, 0.2) is 0 Å². The summed E-state index contributed by atoms with van der Waals surface area (Å²) in [6.45, 7) is -0.596. The number of aliphatic hydroxyl groups excluding tert-OH is 2. The summed E-state index contributed by atoms with van der Waals surface area (Å²) < 4.78 is 22.6. The Balaban J connectivity index is 1.23. The molecule has 0 amide bonds. The van der Waals surface area contributed by atoms with Crippen molar-refractivity contribution in [3.8, 4) is 0 Å². The van der Waals surface area contributed by atoms with Crippen molar-refractivity contribution in [3.63, 3.8) is 0 Å². The van der Waals surface area contributed by atoms with Gasteiger partial charge in [-0.15, -0.1) is 0 Å². The molecule has 238 valence electrons. The zero-order valence-corrected chi connectivity index (χ0v) is 26.7. The predicted octanol–water partition coefficient (Wildman–Crippen LogP) is 3.17. The van der Waals surface area contributed by atoms with Crippen molar-refractivity contribution < 1.29 is 43.2 Å². The van der Waals surface area contributed by atoms with Crippen LogP contribution in [-0.2, 0) is 13.8 Å². The number of Topliss-reactive ketones (excluding diaryl/α,β-unsaturated/α-hetero) is 1. The van der Waals surface area contributed by atoms with E-state index >= 15 is 0 Å². The van der Waals surface area contributed by atoms with Crippen LogP contribution >= 0.6 is 15.1 Å². The molecule has 1 aliphatic heterocycles. The molecule has 0 spiro atoms. The molecule has 0 aliphatic carbocycles. The number of carbonyl (C=O) groups is 1. The molecule has 0 unspecified atom stereocenters. The first-order chi connectivity index (χ1) is 21.7. The maximum absolute atomic E-state index is 13.2. The summed E-state index contributed by atoms with van der Waals surface area (Å²) in [5.74, 6) is -0.0449. The number of phosphoric ester groups is 1. The molecule has 3 aromatic carbocycles. The molecule has 4 aromatic rings. The summed E-state index contributed by atoms with van der Waals surface area (Å²) in [7, 11) is -7.09. The van der Waals surface area contributed by atoms with Gasteiger partial charge in [0, 0.05) is 0 Å². The first-order valence-corrected chi connectivity index (χ1v) is 18.8. The van der Waals surface area contributed by atoms with Crippen LogP contribution in [0.2, 0.25) is 0 Å². The second-order valence-corrected chi connectivity index (χ2v) is 16.6. The Morgan fingerprint density at radius 1 is 0.778 bits per heavy atom. The van der Waals surface area contributed by atoms with Crippen LogP contribution in [-0.4, -0.2) is 56.9 Å². The van der Waals surface area contributed by atoms with Gasteiger partial charge in [-0.1, -0.05) is 0 Å². The second-order valence-electron chi connectivity index (χ2n) is 11.4. The number of benzene rings is 3. The molecule has 5 rings (SSSR count). The number of pyridine rings is 1. The molecule has 4 N–H and O–H groups in total. The molecule has 11 heteroatoms. The number of aromatic nitrogens is 1. The normalized spacial score (nSPS) is 20.6. The third-order valence-corrected chi connectivity index (χ3v) is 14.0. The molecule has 0 radical (unpaired) electrons. The summed E-state index contributed by atoms with van der Waals surface area (Å²) in [5.41, 5.74) is 0.444. The molecule has 1 fully saturated rings. The van der Waals surface area contributed by atoms with Gasteiger partial charge in [-0.25, -0.2) is 4.57 Å². The zero-order valence-electron chi connectivity index (χ0n) is 24.8. The molecule has 1 aliphatic rings. The van der Waals surface area contributed by atoms with Crippen LogP contribution in [0.1, 0.15) is 42.3 Å². The first-order valence-electron chi connectivity index (χ1n) is 15.1. The summed E-state index contributed by atoms with van der Waals surface area (Å²) in [6.07, 6.45) is 2.10. The van der Waals surface area contributed by atoms with E-state index in [1.807, 2.05) is 0 Å². The number of aliphatic hydroxyl groups is 2. The number of carbonyl (C=O) groups excluding carboxylic acids is 1. The zero-order chi connectivity index (χ0) is 31.9. The van der Waals surface area contributed by atoms with Crippen molar-refractivity contribution >= 4 is 36.8 Å². The van der Waals surface area contributed by atoms with Crippen LogP contribution in [0.3, 0.4) is 0 Å². The van der Waals surface area contributed by atoms with Gasteiger partial charge < -0.3 is 14.9 Å². The third-order valence-electron chi connectivity index (χ3n) is 8.44. The van der Waals surface area contributed by atoms with Crippen molar-refractivity contribution in [2.75, 3.05) is 12.8 Å². The van der Waals surface area contributed by atoms with Gasteiger partial charge in [-0.3, -0.25) is 4.52 Å². The van der Waals surface area contributed by atoms with Crippen LogP contribution in [0.4, 0.5) is 0 Å². The van der Waals surface area contributed by atoms with E-state index in [1.54, 1.807) is 24.5 Å². The summed E-state index contributed by atoms with van der Waals surface area (Å²) in [5, 5.41) is 24.9. The van der Waals surface area contributed by atoms with Gasteiger partial charge in [0.05, 0.1) is 6.61 Å². The van der Waals surface area contributed by atoms with Gasteiger partial charge in [0.1, 0.15) is 0 Å². The van der Waals surface area contributed by atoms with E-state index in [1.165, 1.54) is 20.5 Å². The fourth-order valence-electron chi connectivity index (χ4n) is 6.20. The Kier molecular flexibility index (Phi) is 11.1. The number of ketones is 1. The van der Waals surface area contributed by atoms with Crippen LogP contribution in [0.25, 0.3) is 0 Å². The van der Waals surface area contributed by atoms with Gasteiger partial charge in [-0.05, 0) is 0 Å². The van der Waals surface area contributed by atoms with Crippen LogP contribution in [0.15, 0.2) is 116 Å². The van der Waals surface area contributed by atoms with E-state index in [0.29, 0.717) is 12.0 Å². The first kappa shape index (κ1) is 33.3. The van der Waals surface area contributed by atoms with E-state index in [-0.39, 0.29) is 5.78 Å². The maximum atomic E-state index is 13.2. The fourth-order valence-corrected chi connectivity index (χ4v) is 11.5. The summed E-state index contributed by atoms with van der Waals surface area (Å²) >= 11 is 0. The molecule has 45 heavy (non-hydrogen) atoms. The van der Waals surface area contributed by atoms with Crippen LogP contribution in [0.5, 0.6) is 0 Å². The standard InChI is InChI=1S/C34H39NO8P2/c36-30(26-14-13-22-35(24-26)34-33(38)32(37)31(43-34)25-42-45(39,40)41)21-11-4-12-23-44(27-15-5-1-6-16-27,28-17-7-2-8-18-28)29-19-9-3-10-20-29/h1-3,5-10,13-20,22,24,31-34,37-38,44H,4,11-12,21,23,25H2,(H-,39,40,41)/p+1/t31-,32-,33-,34-/m1/s1. The Labute approximate surface area is 263 Å². The average molecular weight is 653 g/mol. The monoisotopic (exact) mass is 652 g/mol. The van der Waals surface area contributed by atoms with E-state index in [9.17, 15) is 19.6 Å². The third kappa shape index (κ3) is 8.01. The molecule has 0 saturated carbocycles. The number of hydrogen-bond donors (Lipinski definition) is 4. The molecule has 0 bridgehead atoms. The Bertz CT molecular complexity index is 1490. The number of hydrogen-bond acceptors (Lipinski definition) is 6. The minimum atomic E-state index is -4.77. The van der Waals surface area contributed by atoms with E-state index in [0.717, 1.165) is 25.4 Å². The average Bonchev–Trinajstić information content (AvgIpc) is 3.35.